The molecular weight excluding hydrogens is 1510 g/mol. The Hall–Kier alpha value is -1.27. The molecule has 1 fully saturated rings. The van der Waals surface area contributed by atoms with Crippen LogP contribution in [0.1, 0.15) is 179 Å². The van der Waals surface area contributed by atoms with Gasteiger partial charge in [0, 0.05) is 47.3 Å². The van der Waals surface area contributed by atoms with Crippen LogP contribution in [0.4, 0.5) is 68.2 Å². The first-order valence-corrected chi connectivity index (χ1v) is 48.2. The van der Waals surface area contributed by atoms with E-state index in [0.717, 1.165) is 119 Å². The molecule has 0 aliphatic carbocycles. The van der Waals surface area contributed by atoms with Gasteiger partial charge < -0.3 is 46.4 Å². The molecule has 0 atom stereocenters. The SMILES string of the molecule is C1CCOC1.CC(C)[PH+](C[N-]c1ccccc1N(c1ccccc1[N-]C[PH+](C(C)C)C(C)C)c1ccccc1[N-]C[PH+](C(C)C)C(C)C)C(C)C.CC(C)[PH+](C[N-]c1ccccc1N(c1ccccc1[N-]C[PH+](C(C)C)C(C)C)c1ccccc1[N-]C[PH+](C(C)C)C(C)C)C(C)C.[Fe+2].[Fe+2].[Ti+2].[Ti+2]. The molecule has 0 N–H and O–H groups in total. The van der Waals surface area contributed by atoms with Gasteiger partial charge in [-0.05, 0) is 301 Å². The zero-order chi connectivity index (χ0) is 71.5. The summed E-state index contributed by atoms with van der Waals surface area (Å²) in [4.78, 5) is 4.81. The Morgan fingerprint density at radius 1 is 0.248 bits per heavy atom. The molecule has 0 unspecified atom stereocenters. The first-order valence-electron chi connectivity index (χ1n) is 37.1. The van der Waals surface area contributed by atoms with Crippen LogP contribution in [0.5, 0.6) is 0 Å². The summed E-state index contributed by atoms with van der Waals surface area (Å²) in [6.07, 6.45) is 8.01. The third kappa shape index (κ3) is 31.3. The van der Waals surface area contributed by atoms with Gasteiger partial charge in [-0.15, -0.1) is 34.1 Å². The van der Waals surface area contributed by atoms with Gasteiger partial charge in [0.1, 0.15) is 0 Å². The largest absolute Gasteiger partial charge is 2.00 e. The van der Waals surface area contributed by atoms with Crippen molar-refractivity contribution >= 4 is 116 Å². The van der Waals surface area contributed by atoms with E-state index in [9.17, 15) is 0 Å². The van der Waals surface area contributed by atoms with Crippen LogP contribution in [0.3, 0.4) is 0 Å². The van der Waals surface area contributed by atoms with Gasteiger partial charge in [0.05, 0.1) is 67.9 Å². The molecule has 6 aromatic rings. The third-order valence-corrected chi connectivity index (χ3v) is 40.0. The predicted molar refractivity (Wildman–Crippen MR) is 461 cm³/mol. The van der Waals surface area contributed by atoms with E-state index in [1.807, 2.05) is 0 Å². The number of rotatable bonds is 36. The van der Waals surface area contributed by atoms with Crippen molar-refractivity contribution in [1.29, 1.82) is 0 Å². The maximum atomic E-state index is 5.37. The summed E-state index contributed by atoms with van der Waals surface area (Å²) in [5, 5.41) is 32.2. The van der Waals surface area contributed by atoms with Crippen LogP contribution in [0.15, 0.2) is 146 Å². The first kappa shape index (κ1) is 97.7. The van der Waals surface area contributed by atoms with Gasteiger partial charge in [-0.2, -0.15) is 0 Å². The van der Waals surface area contributed by atoms with E-state index in [1.165, 1.54) is 12.8 Å². The smallest absolute Gasteiger partial charge is 0.651 e. The summed E-state index contributed by atoms with van der Waals surface area (Å²) >= 11 is 0. The Labute approximate surface area is 677 Å². The minimum absolute atomic E-state index is 0. The Balaban J connectivity index is 0.000000908. The molecule has 1 heterocycles. The Bertz CT molecular complexity index is 2600. The van der Waals surface area contributed by atoms with Gasteiger partial charge in [0.25, 0.3) is 0 Å². The van der Waals surface area contributed by atoms with Gasteiger partial charge >= 0.3 is 77.6 Å². The van der Waals surface area contributed by atoms with Crippen molar-refractivity contribution in [3.8, 4) is 0 Å². The quantitative estimate of drug-likeness (QED) is 0.0289. The summed E-state index contributed by atoms with van der Waals surface area (Å²) in [6.45, 7) is 58.8. The van der Waals surface area contributed by atoms with E-state index in [0.29, 0.717) is 67.9 Å². The Morgan fingerprint density at radius 2 is 0.376 bits per heavy atom. The average molecular weight is 1640 g/mol. The molecule has 0 spiro atoms. The molecule has 7 rings (SSSR count). The molecule has 1 saturated heterocycles. The summed E-state index contributed by atoms with van der Waals surface area (Å²) in [5.74, 6) is 0. The van der Waals surface area contributed by atoms with E-state index < -0.39 is 47.5 Å². The second-order valence-electron chi connectivity index (χ2n) is 30.1. The number of ether oxygens (including phenoxy) is 1. The number of hydrogen-bond donors (Lipinski definition) is 0. The number of anilines is 6. The van der Waals surface area contributed by atoms with E-state index in [4.69, 9.17) is 36.6 Å². The average Bonchev–Trinajstić information content (AvgIpc) is 0.863. The number of benzene rings is 6. The Morgan fingerprint density at radius 3 is 0.485 bits per heavy atom. The van der Waals surface area contributed by atoms with Gasteiger partial charge in [-0.3, -0.25) is 0 Å². The zero-order valence-corrected chi connectivity index (χ0v) is 77.9. The molecule has 0 aromatic heterocycles. The summed E-state index contributed by atoms with van der Waals surface area (Å²) in [6, 6.07) is 52.2. The second kappa shape index (κ2) is 51.2. The first-order chi connectivity index (χ1) is 46.2. The van der Waals surface area contributed by atoms with Crippen molar-refractivity contribution < 1.29 is 82.3 Å². The van der Waals surface area contributed by atoms with Gasteiger partial charge in [-0.1, -0.05) is 109 Å². The minimum atomic E-state index is -0.646. The summed E-state index contributed by atoms with van der Waals surface area (Å²) < 4.78 is 4.94. The number of para-hydroxylation sites is 12. The third-order valence-electron chi connectivity index (χ3n) is 19.1. The van der Waals surface area contributed by atoms with Crippen LogP contribution in [0.2, 0.25) is 0 Å². The Kier molecular flexibility index (Phi) is 49.5. The van der Waals surface area contributed by atoms with Crippen molar-refractivity contribution in [2.45, 2.75) is 247 Å². The molecule has 1 aliphatic heterocycles. The van der Waals surface area contributed by atoms with Gasteiger partial charge in [-0.25, -0.2) is 0 Å². The van der Waals surface area contributed by atoms with E-state index in [-0.39, 0.29) is 77.6 Å². The molecule has 9 nitrogen and oxygen atoms in total. The standard InChI is InChI=1S/2C39H60N4P3.C4H8O.2Fe.2Ti/c2*1-28(2)44(29(3)4)25-40-34-19-13-16-22-37(34)43(38-23-17-14-20-35(38)41-26-45(30(5)6)31(7)8)39-24-18-15-21-36(39)42-27-46(32(9)10)33(11)12;1-2-4-5-3-1;;;;/h2*13-24,28-33H,25-27H2,1-12H3;1-4H2;;;;/q2*-3;;4*+2/p+6. The summed E-state index contributed by atoms with van der Waals surface area (Å²) in [7, 11) is -3.87. The fourth-order valence-corrected chi connectivity index (χ4v) is 27.8. The molecule has 101 heavy (non-hydrogen) atoms. The minimum Gasteiger partial charge on any atom is -0.651 e. The molecule has 0 saturated carbocycles. The molecule has 0 amide bonds. The van der Waals surface area contributed by atoms with E-state index in [1.54, 1.807) is 0 Å². The normalized spacial score (nSPS) is 12.3. The van der Waals surface area contributed by atoms with Crippen LogP contribution in [-0.4, -0.2) is 119 Å². The number of nitrogens with zero attached hydrogens (tertiary/aromatic N) is 8. The second-order valence-corrected chi connectivity index (χ2v) is 52.8. The molecule has 1 aliphatic rings. The fourth-order valence-electron chi connectivity index (χ4n) is 13.3. The zero-order valence-electron chi connectivity index (χ0n) is 66.5. The van der Waals surface area contributed by atoms with Crippen LogP contribution in [0.25, 0.3) is 31.9 Å². The topological polar surface area (TPSA) is 100 Å². The molecule has 19 heteroatoms. The van der Waals surface area contributed by atoms with Crippen molar-refractivity contribution in [3.63, 3.8) is 0 Å². The van der Waals surface area contributed by atoms with Crippen molar-refractivity contribution in [2.75, 3.05) is 60.7 Å². The number of hydrogen-bond acceptors (Lipinski definition) is 3. The maximum Gasteiger partial charge on any atom is 2.00 e. The van der Waals surface area contributed by atoms with Crippen LogP contribution >= 0.6 is 47.5 Å². The van der Waals surface area contributed by atoms with E-state index >= 15 is 0 Å². The molecule has 0 bridgehead atoms. The molecule has 554 valence electrons. The maximum absolute atomic E-state index is 5.37. The van der Waals surface area contributed by atoms with Gasteiger partial charge in [0.15, 0.2) is 0 Å². The molecule has 0 radical (unpaired) electrons. The fraction of sp³-hybridized carbons (Fsp3) is 0.561. The van der Waals surface area contributed by atoms with Crippen LogP contribution in [0, 0.1) is 0 Å². The van der Waals surface area contributed by atoms with Crippen molar-refractivity contribution in [1.82, 2.24) is 0 Å². The van der Waals surface area contributed by atoms with Gasteiger partial charge in [0.2, 0.25) is 0 Å². The molecule has 6 aromatic carbocycles. The molecular formula is C82H134Fe2N8OP6Ti2+8. The summed E-state index contributed by atoms with van der Waals surface area (Å²) in [5.41, 5.74) is 20.9. The van der Waals surface area contributed by atoms with E-state index in [2.05, 4.69) is 322 Å². The van der Waals surface area contributed by atoms with Crippen molar-refractivity contribution in [3.05, 3.63) is 177 Å². The predicted octanol–water partition coefficient (Wildman–Crippen LogP) is 29.1. The monoisotopic (exact) mass is 1640 g/mol. The van der Waals surface area contributed by atoms with Crippen LogP contribution in [-0.2, 0) is 82.3 Å². The van der Waals surface area contributed by atoms with Crippen molar-refractivity contribution in [2.24, 2.45) is 0 Å². The van der Waals surface area contributed by atoms with Crippen LogP contribution < -0.4 is 9.80 Å².